The summed E-state index contributed by atoms with van der Waals surface area (Å²) in [7, 11) is 0. The Kier molecular flexibility index (Phi) is 2.23. The summed E-state index contributed by atoms with van der Waals surface area (Å²) in [5.74, 6) is 0.269. The van der Waals surface area contributed by atoms with Gasteiger partial charge >= 0.3 is 0 Å². The average Bonchev–Trinajstić information content (AvgIpc) is 2.93. The molecular formula is C10H6N4O3S. The Labute approximate surface area is 105 Å². The Balaban J connectivity index is 2.25. The summed E-state index contributed by atoms with van der Waals surface area (Å²) in [6.45, 7) is 0. The SMILES string of the molecule is O=[N+]([O-])c1cccc2[nH]c(-c3n[nH]c(=S)o3)cc12. The van der Waals surface area contributed by atoms with Crippen LogP contribution in [0.1, 0.15) is 0 Å². The van der Waals surface area contributed by atoms with E-state index in [0.717, 1.165) is 0 Å². The van der Waals surface area contributed by atoms with Gasteiger partial charge in [-0.3, -0.25) is 10.1 Å². The van der Waals surface area contributed by atoms with E-state index < -0.39 is 4.92 Å². The van der Waals surface area contributed by atoms with Crippen molar-refractivity contribution in [3.05, 3.63) is 39.2 Å². The number of nitro benzene ring substituents is 1. The third kappa shape index (κ3) is 1.59. The molecule has 90 valence electrons. The van der Waals surface area contributed by atoms with Gasteiger partial charge in [0.25, 0.3) is 16.4 Å². The molecule has 0 amide bonds. The van der Waals surface area contributed by atoms with E-state index in [-0.39, 0.29) is 16.4 Å². The van der Waals surface area contributed by atoms with Crippen molar-refractivity contribution in [1.82, 2.24) is 15.2 Å². The first kappa shape index (κ1) is 10.7. The van der Waals surface area contributed by atoms with Crippen LogP contribution in [0, 0.1) is 15.0 Å². The molecule has 0 radical (unpaired) electrons. The zero-order valence-corrected chi connectivity index (χ0v) is 9.65. The number of aromatic amines is 2. The molecule has 7 nitrogen and oxygen atoms in total. The monoisotopic (exact) mass is 262 g/mol. The van der Waals surface area contributed by atoms with Crippen molar-refractivity contribution >= 4 is 28.8 Å². The van der Waals surface area contributed by atoms with Gasteiger partial charge in [0.1, 0.15) is 5.69 Å². The topological polar surface area (TPSA) is 101 Å². The minimum Gasteiger partial charge on any atom is -0.408 e. The van der Waals surface area contributed by atoms with E-state index in [2.05, 4.69) is 15.2 Å². The van der Waals surface area contributed by atoms with Crippen molar-refractivity contribution < 1.29 is 9.34 Å². The highest BCUT2D eigenvalue weighted by Crippen LogP contribution is 2.29. The van der Waals surface area contributed by atoms with Gasteiger partial charge in [0.15, 0.2) is 0 Å². The molecule has 2 N–H and O–H groups in total. The second-order valence-electron chi connectivity index (χ2n) is 3.60. The Morgan fingerprint density at radius 2 is 2.28 bits per heavy atom. The molecule has 2 heterocycles. The summed E-state index contributed by atoms with van der Waals surface area (Å²) in [6, 6.07) is 6.41. The molecule has 2 aromatic heterocycles. The predicted molar refractivity (Wildman–Crippen MR) is 65.6 cm³/mol. The number of nitro groups is 1. The number of fused-ring (bicyclic) bond motifs is 1. The highest BCUT2D eigenvalue weighted by molar-refractivity contribution is 7.71. The zero-order chi connectivity index (χ0) is 12.7. The lowest BCUT2D eigenvalue weighted by Gasteiger charge is -1.91. The number of H-pyrrole nitrogens is 2. The smallest absolute Gasteiger partial charge is 0.284 e. The van der Waals surface area contributed by atoms with Gasteiger partial charge in [0.05, 0.1) is 15.8 Å². The quantitative estimate of drug-likeness (QED) is 0.420. The normalized spacial score (nSPS) is 10.9. The van der Waals surface area contributed by atoms with Crippen LogP contribution in [0.25, 0.3) is 22.5 Å². The van der Waals surface area contributed by atoms with E-state index in [1.807, 2.05) is 0 Å². The number of aromatic nitrogens is 3. The first-order chi connectivity index (χ1) is 8.65. The maximum atomic E-state index is 10.9. The molecule has 0 unspecified atom stereocenters. The van der Waals surface area contributed by atoms with Crippen molar-refractivity contribution in [2.24, 2.45) is 0 Å². The summed E-state index contributed by atoms with van der Waals surface area (Å²) in [5.41, 5.74) is 1.21. The van der Waals surface area contributed by atoms with Crippen molar-refractivity contribution in [2.45, 2.75) is 0 Å². The van der Waals surface area contributed by atoms with Gasteiger partial charge in [-0.05, 0) is 24.4 Å². The lowest BCUT2D eigenvalue weighted by molar-refractivity contribution is -0.383. The molecule has 3 rings (SSSR count). The molecule has 0 aliphatic rings. The molecule has 0 aliphatic carbocycles. The van der Waals surface area contributed by atoms with Crippen LogP contribution in [0.15, 0.2) is 28.7 Å². The third-order valence-corrected chi connectivity index (χ3v) is 2.68. The van der Waals surface area contributed by atoms with E-state index in [0.29, 0.717) is 16.6 Å². The van der Waals surface area contributed by atoms with Crippen LogP contribution in [-0.4, -0.2) is 20.1 Å². The van der Waals surface area contributed by atoms with Crippen molar-refractivity contribution in [2.75, 3.05) is 0 Å². The van der Waals surface area contributed by atoms with E-state index in [1.165, 1.54) is 6.07 Å². The number of rotatable bonds is 2. The number of benzene rings is 1. The minimum absolute atomic E-state index is 0.0316. The zero-order valence-electron chi connectivity index (χ0n) is 8.84. The summed E-state index contributed by atoms with van der Waals surface area (Å²) in [6.07, 6.45) is 0. The molecule has 0 fully saturated rings. The van der Waals surface area contributed by atoms with Gasteiger partial charge in [-0.25, -0.2) is 5.10 Å². The minimum atomic E-state index is -0.430. The van der Waals surface area contributed by atoms with Crippen LogP contribution in [-0.2, 0) is 0 Å². The number of hydrogen-bond acceptors (Lipinski definition) is 5. The first-order valence-electron chi connectivity index (χ1n) is 4.97. The Morgan fingerprint density at radius 1 is 1.44 bits per heavy atom. The van der Waals surface area contributed by atoms with Crippen LogP contribution < -0.4 is 0 Å². The fraction of sp³-hybridized carbons (Fsp3) is 0. The van der Waals surface area contributed by atoms with E-state index in [9.17, 15) is 10.1 Å². The molecule has 18 heavy (non-hydrogen) atoms. The molecule has 8 heteroatoms. The Hall–Kier alpha value is -2.48. The van der Waals surface area contributed by atoms with Gasteiger partial charge < -0.3 is 9.40 Å². The van der Waals surface area contributed by atoms with Crippen LogP contribution in [0.3, 0.4) is 0 Å². The van der Waals surface area contributed by atoms with Crippen LogP contribution in [0.5, 0.6) is 0 Å². The second kappa shape index (κ2) is 3.77. The van der Waals surface area contributed by atoms with Gasteiger partial charge in [-0.15, -0.1) is 5.10 Å². The van der Waals surface area contributed by atoms with Gasteiger partial charge in [0.2, 0.25) is 0 Å². The van der Waals surface area contributed by atoms with Crippen LogP contribution >= 0.6 is 12.2 Å². The van der Waals surface area contributed by atoms with Gasteiger partial charge in [-0.2, -0.15) is 0 Å². The molecule has 0 atom stereocenters. The molecule has 0 bridgehead atoms. The molecule has 3 aromatic rings. The largest absolute Gasteiger partial charge is 0.408 e. The number of nitrogens with one attached hydrogen (secondary N) is 2. The standard InChI is InChI=1S/C10H6N4O3S/c15-14(16)8-3-1-2-6-5(8)4-7(11-6)9-12-13-10(18)17-9/h1-4,11H,(H,13,18). The number of non-ortho nitro benzene ring substituents is 1. The van der Waals surface area contributed by atoms with Crippen LogP contribution in [0.2, 0.25) is 0 Å². The Morgan fingerprint density at radius 3 is 2.94 bits per heavy atom. The third-order valence-electron chi connectivity index (χ3n) is 2.51. The summed E-state index contributed by atoms with van der Waals surface area (Å²) < 4.78 is 5.15. The summed E-state index contributed by atoms with van der Waals surface area (Å²) >= 11 is 4.77. The highest BCUT2D eigenvalue weighted by atomic mass is 32.1. The fourth-order valence-corrected chi connectivity index (χ4v) is 1.88. The average molecular weight is 262 g/mol. The molecule has 1 aromatic carbocycles. The number of hydrogen-bond donors (Lipinski definition) is 2. The van der Waals surface area contributed by atoms with E-state index in [1.54, 1.807) is 18.2 Å². The maximum absolute atomic E-state index is 10.9. The molecular weight excluding hydrogens is 256 g/mol. The van der Waals surface area contributed by atoms with E-state index >= 15 is 0 Å². The Bertz CT molecular complexity index is 801. The van der Waals surface area contributed by atoms with Gasteiger partial charge in [0, 0.05) is 6.07 Å². The fourth-order valence-electron chi connectivity index (χ4n) is 1.76. The molecule has 0 spiro atoms. The summed E-state index contributed by atoms with van der Waals surface area (Å²) in [4.78, 5) is 13.6. The van der Waals surface area contributed by atoms with Crippen molar-refractivity contribution in [1.29, 1.82) is 0 Å². The molecule has 0 saturated carbocycles. The summed E-state index contributed by atoms with van der Waals surface area (Å²) in [5, 5.41) is 17.7. The van der Waals surface area contributed by atoms with Crippen molar-refractivity contribution in [3.8, 4) is 11.6 Å². The molecule has 0 aliphatic heterocycles. The predicted octanol–water partition coefficient (Wildman–Crippen LogP) is 2.79. The van der Waals surface area contributed by atoms with Crippen molar-refractivity contribution in [3.63, 3.8) is 0 Å². The number of nitrogens with zero attached hydrogens (tertiary/aromatic N) is 2. The first-order valence-corrected chi connectivity index (χ1v) is 5.38. The maximum Gasteiger partial charge on any atom is 0.284 e. The van der Waals surface area contributed by atoms with Gasteiger partial charge in [-0.1, -0.05) is 6.07 Å². The molecule has 0 saturated heterocycles. The lowest BCUT2D eigenvalue weighted by atomic mass is 10.2. The van der Waals surface area contributed by atoms with Crippen LogP contribution in [0.4, 0.5) is 5.69 Å². The highest BCUT2D eigenvalue weighted by Gasteiger charge is 2.16. The second-order valence-corrected chi connectivity index (χ2v) is 3.97. The lowest BCUT2D eigenvalue weighted by Crippen LogP contribution is -1.87. The van der Waals surface area contributed by atoms with E-state index in [4.69, 9.17) is 16.6 Å².